The topological polar surface area (TPSA) is 46.3 Å². The molecule has 1 heterocycles. The Bertz CT molecular complexity index is 638. The van der Waals surface area contributed by atoms with Crippen LogP contribution in [0.5, 0.6) is 0 Å². The number of nitrogens with two attached hydrogens (primary N) is 1. The lowest BCUT2D eigenvalue weighted by molar-refractivity contribution is 0.0689. The summed E-state index contributed by atoms with van der Waals surface area (Å²) in [6.45, 7) is 1.38. The van der Waals surface area contributed by atoms with Gasteiger partial charge in [-0.2, -0.15) is 0 Å². The van der Waals surface area contributed by atoms with Crippen molar-refractivity contribution in [2.45, 2.75) is 31.7 Å². The van der Waals surface area contributed by atoms with Crippen molar-refractivity contribution in [2.24, 2.45) is 5.73 Å². The van der Waals surface area contributed by atoms with Gasteiger partial charge < -0.3 is 10.6 Å². The molecular formula is C18H22N2O. The maximum Gasteiger partial charge on any atom is 0.254 e. The van der Waals surface area contributed by atoms with E-state index in [0.717, 1.165) is 30.3 Å². The number of hydrogen-bond acceptors (Lipinski definition) is 2. The van der Waals surface area contributed by atoms with Crippen LogP contribution in [0.3, 0.4) is 0 Å². The van der Waals surface area contributed by atoms with E-state index in [1.165, 1.54) is 18.2 Å². The summed E-state index contributed by atoms with van der Waals surface area (Å²) in [6, 6.07) is 14.3. The number of carbonyl (C=O) groups is 1. The first-order chi connectivity index (χ1) is 10.3. The van der Waals surface area contributed by atoms with Gasteiger partial charge in [0.2, 0.25) is 0 Å². The third-order valence-corrected chi connectivity index (χ3v) is 4.41. The Kier molecular flexibility index (Phi) is 4.20. The molecule has 3 heteroatoms. The summed E-state index contributed by atoms with van der Waals surface area (Å²) >= 11 is 0. The minimum Gasteiger partial charge on any atom is -0.334 e. The molecule has 2 aromatic rings. The Labute approximate surface area is 125 Å². The highest BCUT2D eigenvalue weighted by atomic mass is 16.2. The van der Waals surface area contributed by atoms with Gasteiger partial charge >= 0.3 is 0 Å². The molecule has 0 spiro atoms. The molecule has 0 radical (unpaired) electrons. The second-order valence-electron chi connectivity index (χ2n) is 5.80. The minimum atomic E-state index is 0.123. The Morgan fingerprint density at radius 3 is 2.71 bits per heavy atom. The van der Waals surface area contributed by atoms with Gasteiger partial charge in [0, 0.05) is 24.7 Å². The molecule has 2 aromatic carbocycles. The van der Waals surface area contributed by atoms with Crippen LogP contribution in [0.4, 0.5) is 0 Å². The van der Waals surface area contributed by atoms with Gasteiger partial charge in [-0.05, 0) is 35.7 Å². The average molecular weight is 282 g/mol. The van der Waals surface area contributed by atoms with Crippen LogP contribution in [0.2, 0.25) is 0 Å². The summed E-state index contributed by atoms with van der Waals surface area (Å²) in [7, 11) is 0. The van der Waals surface area contributed by atoms with E-state index >= 15 is 0 Å². The highest BCUT2D eigenvalue weighted by molar-refractivity contribution is 5.98. The van der Waals surface area contributed by atoms with Crippen molar-refractivity contribution in [1.29, 1.82) is 0 Å². The fourth-order valence-electron chi connectivity index (χ4n) is 3.18. The number of likely N-dealkylation sites (tertiary alicyclic amines) is 1. The zero-order chi connectivity index (χ0) is 14.7. The molecule has 0 aliphatic carbocycles. The van der Waals surface area contributed by atoms with Crippen molar-refractivity contribution in [1.82, 2.24) is 4.90 Å². The standard InChI is InChI=1S/C18H22N2O/c19-13-17-8-2-1-5-11-20(17)18(21)16-10-9-14-6-3-4-7-15(14)12-16/h3-4,6-7,9-10,12,17H,1-2,5,8,11,13,19H2. The lowest BCUT2D eigenvalue weighted by Gasteiger charge is -2.29. The van der Waals surface area contributed by atoms with E-state index in [1.54, 1.807) is 0 Å². The van der Waals surface area contributed by atoms with Gasteiger partial charge in [-0.25, -0.2) is 0 Å². The van der Waals surface area contributed by atoms with E-state index in [4.69, 9.17) is 5.73 Å². The lowest BCUT2D eigenvalue weighted by Crippen LogP contribution is -2.44. The molecule has 3 nitrogen and oxygen atoms in total. The number of rotatable bonds is 2. The Balaban J connectivity index is 1.90. The molecule has 2 N–H and O–H groups in total. The summed E-state index contributed by atoms with van der Waals surface area (Å²) in [4.78, 5) is 14.8. The lowest BCUT2D eigenvalue weighted by atomic mass is 10.0. The molecule has 1 saturated heterocycles. The van der Waals surface area contributed by atoms with Crippen molar-refractivity contribution in [3.8, 4) is 0 Å². The molecule has 0 aromatic heterocycles. The van der Waals surface area contributed by atoms with Gasteiger partial charge in [0.25, 0.3) is 5.91 Å². The van der Waals surface area contributed by atoms with Crippen LogP contribution in [0, 0.1) is 0 Å². The van der Waals surface area contributed by atoms with Crippen molar-refractivity contribution in [2.75, 3.05) is 13.1 Å². The largest absolute Gasteiger partial charge is 0.334 e. The van der Waals surface area contributed by atoms with Crippen LogP contribution in [0.1, 0.15) is 36.0 Å². The van der Waals surface area contributed by atoms with Crippen LogP contribution in [-0.2, 0) is 0 Å². The number of amides is 1. The Morgan fingerprint density at radius 1 is 1.10 bits per heavy atom. The molecule has 1 unspecified atom stereocenters. The Morgan fingerprint density at radius 2 is 1.90 bits per heavy atom. The molecule has 0 saturated carbocycles. The molecule has 21 heavy (non-hydrogen) atoms. The molecule has 1 atom stereocenters. The zero-order valence-corrected chi connectivity index (χ0v) is 12.3. The summed E-state index contributed by atoms with van der Waals surface area (Å²) in [5, 5.41) is 2.28. The first-order valence-corrected chi connectivity index (χ1v) is 7.79. The Hall–Kier alpha value is -1.87. The van der Waals surface area contributed by atoms with Gasteiger partial charge in [-0.3, -0.25) is 4.79 Å². The van der Waals surface area contributed by atoms with Crippen LogP contribution in [0.15, 0.2) is 42.5 Å². The van der Waals surface area contributed by atoms with E-state index in [2.05, 4.69) is 12.1 Å². The number of carbonyl (C=O) groups excluding carboxylic acids is 1. The predicted octanol–water partition coefficient (Wildman–Crippen LogP) is 3.18. The van der Waals surface area contributed by atoms with Gasteiger partial charge in [0.05, 0.1) is 0 Å². The molecule has 3 rings (SSSR count). The first-order valence-electron chi connectivity index (χ1n) is 7.79. The maximum atomic E-state index is 12.8. The normalized spacial score (nSPS) is 19.5. The molecule has 0 bridgehead atoms. The fraction of sp³-hybridized carbons (Fsp3) is 0.389. The van der Waals surface area contributed by atoms with Gasteiger partial charge in [0.15, 0.2) is 0 Å². The van der Waals surface area contributed by atoms with E-state index in [0.29, 0.717) is 6.54 Å². The van der Waals surface area contributed by atoms with Crippen LogP contribution in [-0.4, -0.2) is 29.9 Å². The van der Waals surface area contributed by atoms with Crippen molar-refractivity contribution < 1.29 is 4.79 Å². The van der Waals surface area contributed by atoms with Gasteiger partial charge in [0.1, 0.15) is 0 Å². The second-order valence-corrected chi connectivity index (χ2v) is 5.80. The number of nitrogens with zero attached hydrogens (tertiary/aromatic N) is 1. The number of hydrogen-bond donors (Lipinski definition) is 1. The minimum absolute atomic E-state index is 0.123. The quantitative estimate of drug-likeness (QED) is 0.919. The third-order valence-electron chi connectivity index (χ3n) is 4.41. The van der Waals surface area contributed by atoms with Crippen LogP contribution in [0.25, 0.3) is 10.8 Å². The van der Waals surface area contributed by atoms with Gasteiger partial charge in [-0.15, -0.1) is 0 Å². The summed E-state index contributed by atoms with van der Waals surface area (Å²) in [5.41, 5.74) is 6.65. The average Bonchev–Trinajstić information content (AvgIpc) is 2.79. The maximum absolute atomic E-state index is 12.8. The highest BCUT2D eigenvalue weighted by Gasteiger charge is 2.25. The molecule has 1 amide bonds. The zero-order valence-electron chi connectivity index (χ0n) is 12.3. The van der Waals surface area contributed by atoms with Gasteiger partial charge in [-0.1, -0.05) is 43.2 Å². The molecule has 1 fully saturated rings. The molecule has 1 aliphatic heterocycles. The smallest absolute Gasteiger partial charge is 0.254 e. The SMILES string of the molecule is NCC1CCCCCN1C(=O)c1ccc2ccccc2c1. The van der Waals surface area contributed by atoms with Crippen LogP contribution >= 0.6 is 0 Å². The molecule has 1 aliphatic rings. The van der Waals surface area contributed by atoms with E-state index < -0.39 is 0 Å². The second kappa shape index (κ2) is 6.27. The van der Waals surface area contributed by atoms with Crippen LogP contribution < -0.4 is 5.73 Å². The first kappa shape index (κ1) is 14.1. The monoisotopic (exact) mass is 282 g/mol. The van der Waals surface area contributed by atoms with Crippen molar-refractivity contribution >= 4 is 16.7 Å². The van der Waals surface area contributed by atoms with E-state index in [1.807, 2.05) is 35.2 Å². The van der Waals surface area contributed by atoms with E-state index in [-0.39, 0.29) is 11.9 Å². The predicted molar refractivity (Wildman–Crippen MR) is 86.3 cm³/mol. The van der Waals surface area contributed by atoms with E-state index in [9.17, 15) is 4.79 Å². The number of fused-ring (bicyclic) bond motifs is 1. The van der Waals surface area contributed by atoms with Crippen molar-refractivity contribution in [3.05, 3.63) is 48.0 Å². The van der Waals surface area contributed by atoms with Crippen molar-refractivity contribution in [3.63, 3.8) is 0 Å². The molecular weight excluding hydrogens is 260 g/mol. The number of benzene rings is 2. The molecule has 110 valence electrons. The fourth-order valence-corrected chi connectivity index (χ4v) is 3.18. The highest BCUT2D eigenvalue weighted by Crippen LogP contribution is 2.21. The summed E-state index contributed by atoms with van der Waals surface area (Å²) in [5.74, 6) is 0.123. The summed E-state index contributed by atoms with van der Waals surface area (Å²) < 4.78 is 0. The summed E-state index contributed by atoms with van der Waals surface area (Å²) in [6.07, 6.45) is 4.47. The third kappa shape index (κ3) is 2.93.